The van der Waals surface area contributed by atoms with Gasteiger partial charge in [-0.25, -0.2) is 13.2 Å². The Kier molecular flexibility index (Phi) is 13.3. The molecule has 4 atom stereocenters. The Labute approximate surface area is 224 Å². The van der Waals surface area contributed by atoms with E-state index in [0.717, 1.165) is 19.3 Å². The minimum Gasteiger partial charge on any atom is -0.748 e. The molecule has 1 aromatic carbocycles. The number of nitrogens with one attached hydrogen (secondary N) is 1. The number of aliphatic hydroxyl groups is 1. The summed E-state index contributed by atoms with van der Waals surface area (Å²) < 4.78 is 42.1. The van der Waals surface area contributed by atoms with Gasteiger partial charge in [-0.05, 0) is 36.7 Å². The van der Waals surface area contributed by atoms with Crippen molar-refractivity contribution in [1.29, 1.82) is 0 Å². The molecule has 1 aliphatic rings. The third-order valence-electron chi connectivity index (χ3n) is 5.98. The van der Waals surface area contributed by atoms with Gasteiger partial charge in [0.25, 0.3) is 0 Å². The molecule has 0 aromatic heterocycles. The van der Waals surface area contributed by atoms with Gasteiger partial charge in [0.15, 0.2) is 6.10 Å². The number of benzene rings is 1. The summed E-state index contributed by atoms with van der Waals surface area (Å²) in [6.45, 7) is 3.59. The average molecular weight is 507 g/mol. The second-order valence-corrected chi connectivity index (χ2v) is 10.7. The summed E-state index contributed by atoms with van der Waals surface area (Å²) in [6.07, 6.45) is 1.51. The quantitative estimate of drug-likeness (QED) is 0.185. The molecule has 11 heteroatoms. The van der Waals surface area contributed by atoms with Gasteiger partial charge in [0.2, 0.25) is 5.91 Å². The molecule has 0 saturated heterocycles. The maximum atomic E-state index is 12.7. The van der Waals surface area contributed by atoms with Crippen molar-refractivity contribution in [2.24, 2.45) is 17.6 Å². The van der Waals surface area contributed by atoms with Crippen LogP contribution >= 0.6 is 0 Å². The van der Waals surface area contributed by atoms with Crippen LogP contribution in [-0.2, 0) is 31.1 Å². The maximum absolute atomic E-state index is 12.7. The van der Waals surface area contributed by atoms with Crippen LogP contribution in [0.2, 0.25) is 0 Å². The molecule has 1 amide bonds. The minimum absolute atomic E-state index is 0. The van der Waals surface area contributed by atoms with E-state index in [4.69, 9.17) is 10.5 Å². The number of carbonyl (C=O) groups excluding carboxylic acids is 2. The van der Waals surface area contributed by atoms with Gasteiger partial charge >= 0.3 is 35.5 Å². The van der Waals surface area contributed by atoms with Crippen LogP contribution in [0.4, 0.5) is 0 Å². The molecule has 34 heavy (non-hydrogen) atoms. The van der Waals surface area contributed by atoms with Crippen LogP contribution < -0.4 is 40.6 Å². The zero-order valence-corrected chi connectivity index (χ0v) is 23.0. The minimum atomic E-state index is -4.98. The largest absolute Gasteiger partial charge is 1.00 e. The predicted octanol–water partition coefficient (Wildman–Crippen LogP) is -1.55. The number of nitrogens with two attached hydrogens (primary N) is 1. The van der Waals surface area contributed by atoms with E-state index >= 15 is 0 Å². The number of hydrogen-bond acceptors (Lipinski definition) is 8. The molecule has 4 N–H and O–H groups in total. The molecule has 9 nitrogen and oxygen atoms in total. The van der Waals surface area contributed by atoms with Crippen LogP contribution in [0.3, 0.4) is 0 Å². The molecule has 1 aliphatic carbocycles. The number of amides is 1. The molecule has 0 aliphatic heterocycles. The van der Waals surface area contributed by atoms with Crippen LogP contribution in [0.5, 0.6) is 0 Å². The number of carbonyl (C=O) groups is 2. The number of rotatable bonds is 11. The summed E-state index contributed by atoms with van der Waals surface area (Å²) in [5, 5.41) is 11.5. The molecule has 186 valence electrons. The van der Waals surface area contributed by atoms with Crippen molar-refractivity contribution < 1.29 is 62.0 Å². The van der Waals surface area contributed by atoms with E-state index in [-0.39, 0.29) is 42.1 Å². The fraction of sp³-hybridized carbons (Fsp3) is 0.652. The predicted molar refractivity (Wildman–Crippen MR) is 122 cm³/mol. The van der Waals surface area contributed by atoms with Crippen molar-refractivity contribution in [2.45, 2.75) is 82.4 Å². The third-order valence-corrected chi connectivity index (χ3v) is 7.32. The second kappa shape index (κ2) is 14.5. The van der Waals surface area contributed by atoms with E-state index in [2.05, 4.69) is 5.32 Å². The van der Waals surface area contributed by atoms with Gasteiger partial charge in [0.1, 0.15) is 6.61 Å². The van der Waals surface area contributed by atoms with Gasteiger partial charge < -0.3 is 25.4 Å². The van der Waals surface area contributed by atoms with Crippen molar-refractivity contribution in [3.63, 3.8) is 0 Å². The van der Waals surface area contributed by atoms with Gasteiger partial charge in [-0.1, -0.05) is 63.4 Å². The summed E-state index contributed by atoms with van der Waals surface area (Å²) in [6, 6.07) is 6.09. The Morgan fingerprint density at radius 2 is 1.76 bits per heavy atom. The molecule has 0 spiro atoms. The standard InChI is InChI=1S/C23H36N2O7S.Na/c1-15(2)13-18(24)22(27)25-19(21(33(29,30)31)17-11-7-4-8-12-17)20(26)23(28)32-14-16-9-5-3-6-10-16;/h3,5-6,9-10,15,17-21,26H,4,7-8,11-14,24H2,1-2H3,(H,25,27)(H,29,30,31);/q;+1/p-1/t18-,19?,20?,21?;/m0./s1. The molecule has 0 radical (unpaired) electrons. The summed E-state index contributed by atoms with van der Waals surface area (Å²) in [5.74, 6) is -2.36. The SMILES string of the molecule is CC(C)C[C@H](N)C(=O)NC(C(O)C(=O)OCc1ccccc1)C(C1CCCCC1)S(=O)(=O)[O-].[Na+]. The average Bonchev–Trinajstić information content (AvgIpc) is 2.76. The molecule has 1 saturated carbocycles. The summed E-state index contributed by atoms with van der Waals surface area (Å²) in [4.78, 5) is 25.4. The van der Waals surface area contributed by atoms with Crippen LogP contribution in [0.25, 0.3) is 0 Å². The molecule has 2 rings (SSSR count). The van der Waals surface area contributed by atoms with E-state index in [1.165, 1.54) is 0 Å². The van der Waals surface area contributed by atoms with Crippen molar-refractivity contribution in [3.05, 3.63) is 35.9 Å². The molecular formula is C23H35N2NaO7S. The Morgan fingerprint density at radius 1 is 1.18 bits per heavy atom. The first-order chi connectivity index (χ1) is 15.5. The maximum Gasteiger partial charge on any atom is 1.00 e. The first-order valence-corrected chi connectivity index (χ1v) is 12.9. The molecule has 1 aromatic rings. The van der Waals surface area contributed by atoms with Crippen molar-refractivity contribution >= 4 is 22.0 Å². The van der Waals surface area contributed by atoms with Gasteiger partial charge in [0.05, 0.1) is 27.5 Å². The summed E-state index contributed by atoms with van der Waals surface area (Å²) >= 11 is 0. The van der Waals surface area contributed by atoms with E-state index in [0.29, 0.717) is 24.8 Å². The van der Waals surface area contributed by atoms with Crippen molar-refractivity contribution in [3.8, 4) is 0 Å². The topological polar surface area (TPSA) is 159 Å². The fourth-order valence-corrected chi connectivity index (χ4v) is 5.68. The normalized spacial score (nSPS) is 18.3. The molecular weight excluding hydrogens is 471 g/mol. The monoisotopic (exact) mass is 506 g/mol. The Hall–Kier alpha value is -1.01. The van der Waals surface area contributed by atoms with E-state index < -0.39 is 51.4 Å². The van der Waals surface area contributed by atoms with Gasteiger partial charge in [-0.2, -0.15) is 0 Å². The zero-order valence-electron chi connectivity index (χ0n) is 20.2. The molecule has 3 unspecified atom stereocenters. The van der Waals surface area contributed by atoms with Gasteiger partial charge in [-0.3, -0.25) is 4.79 Å². The first-order valence-electron chi connectivity index (χ1n) is 11.4. The van der Waals surface area contributed by atoms with Crippen LogP contribution in [0, 0.1) is 11.8 Å². The van der Waals surface area contributed by atoms with Crippen molar-refractivity contribution in [2.75, 3.05) is 0 Å². The molecule has 0 heterocycles. The summed E-state index contributed by atoms with van der Waals surface area (Å²) in [7, 11) is -4.98. The first kappa shape index (κ1) is 31.0. The Bertz CT molecular complexity index is 877. The number of ether oxygens (including phenoxy) is 1. The van der Waals surface area contributed by atoms with Crippen molar-refractivity contribution in [1.82, 2.24) is 5.32 Å². The second-order valence-electron chi connectivity index (χ2n) is 9.16. The Morgan fingerprint density at radius 3 is 2.29 bits per heavy atom. The van der Waals surface area contributed by atoms with Gasteiger partial charge in [-0.15, -0.1) is 0 Å². The molecule has 0 bridgehead atoms. The van der Waals surface area contributed by atoms with E-state index in [9.17, 15) is 27.7 Å². The fourth-order valence-electron chi connectivity index (χ4n) is 4.36. The molecule has 1 fully saturated rings. The Balaban J connectivity index is 0.00000578. The van der Waals surface area contributed by atoms with Crippen LogP contribution in [-0.4, -0.2) is 53.4 Å². The zero-order chi connectivity index (χ0) is 24.6. The number of aliphatic hydroxyl groups excluding tert-OH is 1. The van der Waals surface area contributed by atoms with E-state index in [1.54, 1.807) is 30.3 Å². The smallest absolute Gasteiger partial charge is 0.748 e. The van der Waals surface area contributed by atoms with Crippen LogP contribution in [0.1, 0.15) is 57.9 Å². The van der Waals surface area contributed by atoms with Crippen LogP contribution in [0.15, 0.2) is 30.3 Å². The summed E-state index contributed by atoms with van der Waals surface area (Å²) in [5.41, 5.74) is 6.59. The number of hydrogen-bond donors (Lipinski definition) is 3. The number of esters is 1. The van der Waals surface area contributed by atoms with Gasteiger partial charge in [0, 0.05) is 0 Å². The third kappa shape index (κ3) is 9.56. The van der Waals surface area contributed by atoms with E-state index in [1.807, 2.05) is 13.8 Å².